The van der Waals surface area contributed by atoms with Gasteiger partial charge >= 0.3 is 0 Å². The molecule has 1 fully saturated rings. The van der Waals surface area contributed by atoms with Gasteiger partial charge in [-0.2, -0.15) is 0 Å². The number of carbonyl (C=O) groups is 2. The van der Waals surface area contributed by atoms with Crippen molar-refractivity contribution in [3.63, 3.8) is 0 Å². The summed E-state index contributed by atoms with van der Waals surface area (Å²) in [5.74, 6) is 0.184. The van der Waals surface area contributed by atoms with Crippen LogP contribution in [0.4, 0.5) is 0 Å². The van der Waals surface area contributed by atoms with Gasteiger partial charge in [-0.05, 0) is 42.9 Å². The third-order valence-corrected chi connectivity index (χ3v) is 7.49. The molecule has 0 spiro atoms. The lowest BCUT2D eigenvalue weighted by Gasteiger charge is -2.22. The summed E-state index contributed by atoms with van der Waals surface area (Å²) in [6.45, 7) is 2.28. The van der Waals surface area contributed by atoms with E-state index in [1.54, 1.807) is 0 Å². The Labute approximate surface area is 209 Å². The van der Waals surface area contributed by atoms with Crippen LogP contribution < -0.4 is 5.32 Å². The van der Waals surface area contributed by atoms with E-state index >= 15 is 0 Å². The first-order chi connectivity index (χ1) is 16.7. The molecule has 3 heteroatoms. The molecule has 192 valence electrons. The van der Waals surface area contributed by atoms with E-state index in [0.29, 0.717) is 17.9 Å². The van der Waals surface area contributed by atoms with E-state index < -0.39 is 0 Å². The molecule has 34 heavy (non-hydrogen) atoms. The number of nitrogens with one attached hydrogen (secondary N) is 1. The highest BCUT2D eigenvalue weighted by Crippen LogP contribution is 2.32. The van der Waals surface area contributed by atoms with Crippen LogP contribution in [0.15, 0.2) is 24.3 Å². The second-order valence-electron chi connectivity index (χ2n) is 10.5. The molecular weight excluding hydrogens is 418 g/mol. The van der Waals surface area contributed by atoms with Gasteiger partial charge in [-0.25, -0.2) is 0 Å². The molecule has 0 heterocycles. The van der Waals surface area contributed by atoms with Crippen molar-refractivity contribution in [2.45, 2.75) is 148 Å². The predicted molar refractivity (Wildman–Crippen MR) is 144 cm³/mol. The minimum atomic E-state index is -0.247. The summed E-state index contributed by atoms with van der Waals surface area (Å²) in [4.78, 5) is 24.7. The van der Waals surface area contributed by atoms with Crippen LogP contribution in [0.1, 0.15) is 164 Å². The Morgan fingerprint density at radius 1 is 0.735 bits per heavy atom. The summed E-state index contributed by atoms with van der Waals surface area (Å²) in [7, 11) is 0. The fourth-order valence-corrected chi connectivity index (χ4v) is 5.29. The topological polar surface area (TPSA) is 46.2 Å². The maximum Gasteiger partial charge on any atom is 0.257 e. The van der Waals surface area contributed by atoms with Crippen molar-refractivity contribution in [3.05, 3.63) is 35.4 Å². The van der Waals surface area contributed by atoms with Crippen molar-refractivity contribution in [3.8, 4) is 0 Å². The number of amides is 2. The van der Waals surface area contributed by atoms with E-state index in [1.165, 1.54) is 121 Å². The van der Waals surface area contributed by atoms with Crippen molar-refractivity contribution in [1.82, 2.24) is 5.32 Å². The van der Waals surface area contributed by atoms with Crippen molar-refractivity contribution >= 4 is 11.8 Å². The van der Waals surface area contributed by atoms with Gasteiger partial charge in [-0.3, -0.25) is 14.9 Å². The first-order valence-electron chi connectivity index (χ1n) is 14.6. The summed E-state index contributed by atoms with van der Waals surface area (Å²) in [5, 5.41) is 2.60. The lowest BCUT2D eigenvalue weighted by Crippen LogP contribution is -2.30. The molecule has 1 aromatic carbocycles. The van der Waals surface area contributed by atoms with E-state index in [2.05, 4.69) is 18.3 Å². The smallest absolute Gasteiger partial charge is 0.257 e. The molecule has 1 aromatic rings. The first-order valence-corrected chi connectivity index (χ1v) is 14.6. The zero-order valence-corrected chi connectivity index (χ0v) is 22.1. The summed E-state index contributed by atoms with van der Waals surface area (Å²) in [5.41, 5.74) is 1.87. The third-order valence-electron chi connectivity index (χ3n) is 7.49. The maximum atomic E-state index is 12.5. The van der Waals surface area contributed by atoms with Gasteiger partial charge in [0, 0.05) is 12.0 Å². The lowest BCUT2D eigenvalue weighted by atomic mass is 9.83. The van der Waals surface area contributed by atoms with Gasteiger partial charge in [0.15, 0.2) is 0 Å². The Bertz CT molecular complexity index is 678. The Morgan fingerprint density at radius 2 is 1.26 bits per heavy atom. The van der Waals surface area contributed by atoms with Crippen molar-refractivity contribution in [1.29, 1.82) is 0 Å². The van der Waals surface area contributed by atoms with Crippen LogP contribution in [0.5, 0.6) is 0 Å². The molecule has 1 aliphatic carbocycles. The van der Waals surface area contributed by atoms with Gasteiger partial charge in [-0.1, -0.05) is 128 Å². The zero-order chi connectivity index (χ0) is 24.3. The van der Waals surface area contributed by atoms with E-state index in [1.807, 2.05) is 18.2 Å². The van der Waals surface area contributed by atoms with Crippen LogP contribution in [0, 0.1) is 0 Å². The summed E-state index contributed by atoms with van der Waals surface area (Å²) in [6, 6.07) is 7.90. The van der Waals surface area contributed by atoms with Crippen LogP contribution in [0.2, 0.25) is 0 Å². The number of hydrogen-bond acceptors (Lipinski definition) is 2. The number of imide groups is 1. The van der Waals surface area contributed by atoms with Crippen LogP contribution in [-0.2, 0) is 4.79 Å². The van der Waals surface area contributed by atoms with Crippen molar-refractivity contribution < 1.29 is 9.59 Å². The lowest BCUT2D eigenvalue weighted by molar-refractivity contribution is -0.120. The van der Waals surface area contributed by atoms with E-state index in [4.69, 9.17) is 0 Å². The molecular formula is C31H51NO2. The fraction of sp³-hybridized carbons (Fsp3) is 0.742. The minimum absolute atomic E-state index is 0.136. The third kappa shape index (κ3) is 12.7. The Kier molecular flexibility index (Phi) is 15.7. The molecule has 0 bridgehead atoms. The highest BCUT2D eigenvalue weighted by Gasteiger charge is 2.17. The van der Waals surface area contributed by atoms with Crippen molar-refractivity contribution in [2.24, 2.45) is 0 Å². The highest BCUT2D eigenvalue weighted by molar-refractivity contribution is 6.04. The van der Waals surface area contributed by atoms with Crippen LogP contribution >= 0.6 is 0 Å². The van der Waals surface area contributed by atoms with Gasteiger partial charge in [0.05, 0.1) is 0 Å². The molecule has 1 N–H and O–H groups in total. The average Bonchev–Trinajstić information content (AvgIpc) is 2.87. The van der Waals surface area contributed by atoms with Gasteiger partial charge in [-0.15, -0.1) is 0 Å². The molecule has 0 atom stereocenters. The minimum Gasteiger partial charge on any atom is -0.292 e. The molecule has 2 amide bonds. The molecule has 3 nitrogen and oxygen atoms in total. The molecule has 1 aliphatic rings. The molecule has 0 aromatic heterocycles. The monoisotopic (exact) mass is 469 g/mol. The molecule has 0 saturated heterocycles. The predicted octanol–water partition coefficient (Wildman–Crippen LogP) is 9.25. The Hall–Kier alpha value is -1.64. The molecule has 1 saturated carbocycles. The SMILES string of the molecule is CCCCCCCCCCCCCCCCCC(=O)NC(=O)c1cccc(C2CCCCC2)c1. The maximum absolute atomic E-state index is 12.5. The Morgan fingerprint density at radius 3 is 1.82 bits per heavy atom. The van der Waals surface area contributed by atoms with Gasteiger partial charge < -0.3 is 0 Å². The summed E-state index contributed by atoms with van der Waals surface area (Å²) in [6.07, 6.45) is 26.4. The average molecular weight is 470 g/mol. The zero-order valence-electron chi connectivity index (χ0n) is 22.1. The van der Waals surface area contributed by atoms with Crippen LogP contribution in [0.25, 0.3) is 0 Å². The van der Waals surface area contributed by atoms with E-state index in [9.17, 15) is 9.59 Å². The molecule has 2 rings (SSSR count). The first kappa shape index (κ1) is 28.6. The van der Waals surface area contributed by atoms with Gasteiger partial charge in [0.25, 0.3) is 5.91 Å². The van der Waals surface area contributed by atoms with Gasteiger partial charge in [0.2, 0.25) is 5.91 Å². The summed E-state index contributed by atoms with van der Waals surface area (Å²) >= 11 is 0. The number of unbranched alkanes of at least 4 members (excludes halogenated alkanes) is 14. The van der Waals surface area contributed by atoms with Crippen LogP contribution in [-0.4, -0.2) is 11.8 Å². The quantitative estimate of drug-likeness (QED) is 0.218. The number of carbonyl (C=O) groups excluding carboxylic acids is 2. The summed E-state index contributed by atoms with van der Waals surface area (Å²) < 4.78 is 0. The van der Waals surface area contributed by atoms with Crippen molar-refractivity contribution in [2.75, 3.05) is 0 Å². The normalized spacial score (nSPS) is 14.3. The standard InChI is InChI=1S/C31H51NO2/c1-2-3-4-5-6-7-8-9-10-11-12-13-14-15-19-25-30(33)32-31(34)29-24-20-23-28(26-29)27-21-17-16-18-22-27/h20,23-24,26-27H,2-19,21-22,25H2,1H3,(H,32,33,34). The largest absolute Gasteiger partial charge is 0.292 e. The molecule has 0 unspecified atom stereocenters. The molecule has 0 aliphatic heterocycles. The van der Waals surface area contributed by atoms with Gasteiger partial charge in [0.1, 0.15) is 0 Å². The number of benzene rings is 1. The Balaban J connectivity index is 1.45. The van der Waals surface area contributed by atoms with E-state index in [0.717, 1.165) is 12.8 Å². The number of hydrogen-bond donors (Lipinski definition) is 1. The number of rotatable bonds is 18. The fourth-order valence-electron chi connectivity index (χ4n) is 5.29. The highest BCUT2D eigenvalue weighted by atomic mass is 16.2. The molecule has 0 radical (unpaired) electrons. The second kappa shape index (κ2) is 18.7. The van der Waals surface area contributed by atoms with Crippen LogP contribution in [0.3, 0.4) is 0 Å². The second-order valence-corrected chi connectivity index (χ2v) is 10.5. The van der Waals surface area contributed by atoms with E-state index in [-0.39, 0.29) is 11.8 Å².